The van der Waals surface area contributed by atoms with Crippen molar-refractivity contribution < 1.29 is 13.2 Å². The molecule has 0 aromatic carbocycles. The smallest absolute Gasteiger partial charge is 0.238 e. The molecule has 0 saturated heterocycles. The third-order valence-electron chi connectivity index (χ3n) is 2.65. The van der Waals surface area contributed by atoms with E-state index in [0.717, 1.165) is 0 Å². The summed E-state index contributed by atoms with van der Waals surface area (Å²) < 4.78 is 22.0. The zero-order valence-corrected chi connectivity index (χ0v) is 11.7. The molecule has 0 heterocycles. The number of hydrogen-bond acceptors (Lipinski definition) is 4. The van der Waals surface area contributed by atoms with Gasteiger partial charge in [0, 0.05) is 26.9 Å². The average molecular weight is 250 g/mol. The Bertz CT molecular complexity index is 347. The van der Waals surface area contributed by atoms with Crippen LogP contribution in [0.3, 0.4) is 0 Å². The number of nitrogens with one attached hydrogen (secondary N) is 1. The molecule has 96 valence electrons. The summed E-state index contributed by atoms with van der Waals surface area (Å²) in [5.74, 6) is -0.0655. The molecule has 0 aromatic heterocycles. The molecule has 5 nitrogen and oxygen atoms in total. The summed E-state index contributed by atoms with van der Waals surface area (Å²) in [5, 5.41) is 2.94. The van der Waals surface area contributed by atoms with Crippen molar-refractivity contribution in [1.29, 1.82) is 0 Å². The van der Waals surface area contributed by atoms with Crippen molar-refractivity contribution in [2.45, 2.75) is 31.6 Å². The number of sulfone groups is 1. The maximum absolute atomic E-state index is 11.5. The lowest BCUT2D eigenvalue weighted by molar-refractivity contribution is -0.130. The molecule has 16 heavy (non-hydrogen) atoms. The van der Waals surface area contributed by atoms with E-state index >= 15 is 0 Å². The van der Waals surface area contributed by atoms with Crippen LogP contribution in [0.4, 0.5) is 0 Å². The Balaban J connectivity index is 4.43. The van der Waals surface area contributed by atoms with E-state index in [2.05, 4.69) is 5.32 Å². The fourth-order valence-electron chi connectivity index (χ4n) is 1.00. The first kappa shape index (κ1) is 15.4. The molecule has 0 fully saturated rings. The molecule has 0 rings (SSSR count). The predicted molar refractivity (Wildman–Crippen MR) is 65.1 cm³/mol. The molecule has 1 amide bonds. The Hall–Kier alpha value is -0.620. The summed E-state index contributed by atoms with van der Waals surface area (Å²) in [4.78, 5) is 13.0. The maximum Gasteiger partial charge on any atom is 0.238 e. The van der Waals surface area contributed by atoms with Crippen LogP contribution in [0.5, 0.6) is 0 Å². The summed E-state index contributed by atoms with van der Waals surface area (Å²) >= 11 is 0. The number of rotatable bonds is 5. The van der Waals surface area contributed by atoms with Gasteiger partial charge in [-0.25, -0.2) is 8.42 Å². The average Bonchev–Trinajstić information content (AvgIpc) is 2.11. The summed E-state index contributed by atoms with van der Waals surface area (Å²) in [5.41, 5.74) is 0. The highest BCUT2D eigenvalue weighted by molar-refractivity contribution is 7.92. The van der Waals surface area contributed by atoms with E-state index in [1.165, 1.54) is 11.2 Å². The molecule has 0 saturated carbocycles. The summed E-state index contributed by atoms with van der Waals surface area (Å²) in [7, 11) is 0.206. The van der Waals surface area contributed by atoms with Crippen LogP contribution in [-0.4, -0.2) is 56.9 Å². The third-order valence-corrected chi connectivity index (χ3v) is 4.80. The van der Waals surface area contributed by atoms with Crippen molar-refractivity contribution in [3.8, 4) is 0 Å². The van der Waals surface area contributed by atoms with Gasteiger partial charge in [0.1, 0.15) is 0 Å². The number of amides is 1. The molecular formula is C10H22N2O3S. The van der Waals surface area contributed by atoms with Gasteiger partial charge in [0.15, 0.2) is 9.84 Å². The molecule has 0 radical (unpaired) electrons. The van der Waals surface area contributed by atoms with E-state index in [1.54, 1.807) is 34.9 Å². The molecule has 1 N–H and O–H groups in total. The second kappa shape index (κ2) is 5.14. The molecule has 1 unspecified atom stereocenters. The van der Waals surface area contributed by atoms with E-state index in [1.807, 2.05) is 0 Å². The standard InChI is InChI=1S/C10H22N2O3S/c1-8(9(13)12(4)5)11-7-10(2,3)16(6,14)15/h8,11H,7H2,1-6H3. The summed E-state index contributed by atoms with van der Waals surface area (Å²) in [6, 6.07) is -0.379. The Kier molecular flexibility index (Phi) is 4.94. The quantitative estimate of drug-likeness (QED) is 0.738. The van der Waals surface area contributed by atoms with Crippen LogP contribution in [0.1, 0.15) is 20.8 Å². The van der Waals surface area contributed by atoms with Gasteiger partial charge in [-0.05, 0) is 20.8 Å². The van der Waals surface area contributed by atoms with Crippen molar-refractivity contribution in [2.75, 3.05) is 26.9 Å². The largest absolute Gasteiger partial charge is 0.347 e. The molecular weight excluding hydrogens is 228 g/mol. The Morgan fingerprint density at radius 3 is 2.12 bits per heavy atom. The van der Waals surface area contributed by atoms with Gasteiger partial charge >= 0.3 is 0 Å². The zero-order valence-electron chi connectivity index (χ0n) is 10.9. The molecule has 0 bridgehead atoms. The Morgan fingerprint density at radius 2 is 1.81 bits per heavy atom. The monoisotopic (exact) mass is 250 g/mol. The number of nitrogens with zero attached hydrogens (tertiary/aromatic N) is 1. The molecule has 0 aliphatic heterocycles. The van der Waals surface area contributed by atoms with Gasteiger partial charge in [0.05, 0.1) is 10.8 Å². The van der Waals surface area contributed by atoms with Crippen LogP contribution in [0.15, 0.2) is 0 Å². The van der Waals surface area contributed by atoms with E-state index in [4.69, 9.17) is 0 Å². The number of hydrogen-bond donors (Lipinski definition) is 1. The topological polar surface area (TPSA) is 66.5 Å². The lowest BCUT2D eigenvalue weighted by atomic mass is 10.2. The van der Waals surface area contributed by atoms with Gasteiger partial charge in [0.2, 0.25) is 5.91 Å². The zero-order chi connectivity index (χ0) is 13.1. The molecule has 0 aromatic rings. The van der Waals surface area contributed by atoms with Crippen LogP contribution < -0.4 is 5.32 Å². The van der Waals surface area contributed by atoms with Crippen molar-refractivity contribution in [1.82, 2.24) is 10.2 Å². The summed E-state index contributed by atoms with van der Waals surface area (Å²) in [6.07, 6.45) is 1.20. The van der Waals surface area contributed by atoms with Crippen molar-refractivity contribution in [3.63, 3.8) is 0 Å². The van der Waals surface area contributed by atoms with E-state index in [9.17, 15) is 13.2 Å². The van der Waals surface area contributed by atoms with Gasteiger partial charge in [0.25, 0.3) is 0 Å². The first-order chi connectivity index (χ1) is 6.99. The SMILES string of the molecule is CC(NCC(C)(C)S(C)(=O)=O)C(=O)N(C)C. The minimum absolute atomic E-state index is 0.0655. The van der Waals surface area contributed by atoms with Gasteiger partial charge in [-0.3, -0.25) is 4.79 Å². The van der Waals surface area contributed by atoms with Gasteiger partial charge in [-0.2, -0.15) is 0 Å². The Labute approximate surface area is 98.1 Å². The lowest BCUT2D eigenvalue weighted by Gasteiger charge is -2.26. The van der Waals surface area contributed by atoms with Crippen molar-refractivity contribution in [2.24, 2.45) is 0 Å². The summed E-state index contributed by atoms with van der Waals surface area (Å²) in [6.45, 7) is 5.26. The van der Waals surface area contributed by atoms with Gasteiger partial charge in [-0.1, -0.05) is 0 Å². The normalized spacial score (nSPS) is 14.6. The molecule has 6 heteroatoms. The highest BCUT2D eigenvalue weighted by Crippen LogP contribution is 2.13. The van der Waals surface area contributed by atoms with Gasteiger partial charge in [-0.15, -0.1) is 0 Å². The van der Waals surface area contributed by atoms with E-state index in [0.29, 0.717) is 0 Å². The number of carbonyl (C=O) groups excluding carboxylic acids is 1. The maximum atomic E-state index is 11.5. The van der Waals surface area contributed by atoms with Crippen molar-refractivity contribution >= 4 is 15.7 Å². The highest BCUT2D eigenvalue weighted by Gasteiger charge is 2.31. The lowest BCUT2D eigenvalue weighted by Crippen LogP contribution is -2.49. The minimum atomic E-state index is -3.13. The van der Waals surface area contributed by atoms with Crippen LogP contribution in [0, 0.1) is 0 Å². The molecule has 1 atom stereocenters. The fourth-order valence-corrected chi connectivity index (χ4v) is 1.35. The number of carbonyl (C=O) groups is 1. The van der Waals surface area contributed by atoms with E-state index in [-0.39, 0.29) is 18.5 Å². The molecule has 0 aliphatic rings. The van der Waals surface area contributed by atoms with Crippen molar-refractivity contribution in [3.05, 3.63) is 0 Å². The highest BCUT2D eigenvalue weighted by atomic mass is 32.2. The van der Waals surface area contributed by atoms with Crippen LogP contribution in [-0.2, 0) is 14.6 Å². The fraction of sp³-hybridized carbons (Fsp3) is 0.900. The Morgan fingerprint density at radius 1 is 1.38 bits per heavy atom. The second-order valence-electron chi connectivity index (χ2n) is 4.87. The predicted octanol–water partition coefficient (Wildman–Crippen LogP) is -0.124. The first-order valence-electron chi connectivity index (χ1n) is 5.13. The molecule has 0 spiro atoms. The van der Waals surface area contributed by atoms with Crippen LogP contribution in [0.2, 0.25) is 0 Å². The molecule has 0 aliphatic carbocycles. The number of likely N-dealkylation sites (N-methyl/N-ethyl adjacent to an activating group) is 1. The first-order valence-corrected chi connectivity index (χ1v) is 7.02. The second-order valence-corrected chi connectivity index (χ2v) is 7.52. The minimum Gasteiger partial charge on any atom is -0.347 e. The third kappa shape index (κ3) is 4.09. The van der Waals surface area contributed by atoms with Gasteiger partial charge < -0.3 is 10.2 Å². The van der Waals surface area contributed by atoms with Crippen LogP contribution in [0.25, 0.3) is 0 Å². The van der Waals surface area contributed by atoms with E-state index < -0.39 is 14.6 Å². The van der Waals surface area contributed by atoms with Crippen LogP contribution >= 0.6 is 0 Å².